The molecule has 5 heterocycles. The first kappa shape index (κ1) is 27.4. The Kier molecular flexibility index (Phi) is 7.69. The van der Waals surface area contributed by atoms with E-state index in [0.717, 1.165) is 72.9 Å². The van der Waals surface area contributed by atoms with E-state index in [9.17, 15) is 4.79 Å². The highest BCUT2D eigenvalue weighted by atomic mass is 16.5. The Morgan fingerprint density at radius 2 is 1.98 bits per heavy atom. The van der Waals surface area contributed by atoms with Gasteiger partial charge in [-0.1, -0.05) is 18.2 Å². The van der Waals surface area contributed by atoms with E-state index >= 15 is 0 Å². The van der Waals surface area contributed by atoms with E-state index in [1.807, 2.05) is 18.3 Å². The zero-order valence-corrected chi connectivity index (χ0v) is 24.3. The SMILES string of the molecule is COc1cncc(CN2CCC(Nc3ccc4c(c3)Cc3cccc(C5CN(c6ccc[nH]c6=O)CCO5)c3O4)CC2)n1. The second-order valence-corrected chi connectivity index (χ2v) is 11.4. The van der Waals surface area contributed by atoms with E-state index in [1.165, 1.54) is 5.56 Å². The van der Waals surface area contributed by atoms with Crippen LogP contribution in [0.15, 0.2) is 71.9 Å². The van der Waals surface area contributed by atoms with Gasteiger partial charge in [-0.2, -0.15) is 0 Å². The van der Waals surface area contributed by atoms with Crippen molar-refractivity contribution in [3.05, 3.63) is 99.9 Å². The van der Waals surface area contributed by atoms with Crippen LogP contribution in [-0.4, -0.2) is 65.8 Å². The molecule has 43 heavy (non-hydrogen) atoms. The molecule has 1 atom stereocenters. The number of aromatic nitrogens is 3. The van der Waals surface area contributed by atoms with E-state index in [1.54, 1.807) is 19.5 Å². The van der Waals surface area contributed by atoms with Gasteiger partial charge >= 0.3 is 0 Å². The maximum Gasteiger partial charge on any atom is 0.271 e. The average molecular weight is 581 g/mol. The number of para-hydroxylation sites is 1. The number of fused-ring (bicyclic) bond motifs is 2. The number of anilines is 2. The molecule has 4 aromatic rings. The first-order valence-electron chi connectivity index (χ1n) is 14.9. The number of nitrogens with one attached hydrogen (secondary N) is 2. The Balaban J connectivity index is 0.993. The number of rotatable bonds is 7. The lowest BCUT2D eigenvalue weighted by atomic mass is 9.95. The van der Waals surface area contributed by atoms with Gasteiger partial charge < -0.3 is 29.4 Å². The molecule has 0 bridgehead atoms. The molecule has 1 unspecified atom stereocenters. The summed E-state index contributed by atoms with van der Waals surface area (Å²) in [5.41, 5.74) is 5.99. The summed E-state index contributed by atoms with van der Waals surface area (Å²) in [5, 5.41) is 3.76. The van der Waals surface area contributed by atoms with Gasteiger partial charge in [0.15, 0.2) is 0 Å². The molecule has 0 radical (unpaired) electrons. The van der Waals surface area contributed by atoms with Gasteiger partial charge in [0.2, 0.25) is 5.88 Å². The molecule has 2 N–H and O–H groups in total. The second-order valence-electron chi connectivity index (χ2n) is 11.4. The maximum atomic E-state index is 12.4. The lowest BCUT2D eigenvalue weighted by molar-refractivity contribution is 0.0383. The molecule has 10 heteroatoms. The van der Waals surface area contributed by atoms with Crippen molar-refractivity contribution in [2.24, 2.45) is 0 Å². The predicted octanol–water partition coefficient (Wildman–Crippen LogP) is 4.52. The van der Waals surface area contributed by atoms with Crippen LogP contribution < -0.4 is 25.2 Å². The van der Waals surface area contributed by atoms with Crippen LogP contribution in [0.3, 0.4) is 0 Å². The summed E-state index contributed by atoms with van der Waals surface area (Å²) in [7, 11) is 1.62. The minimum atomic E-state index is -0.187. The van der Waals surface area contributed by atoms with Crippen molar-refractivity contribution >= 4 is 11.4 Å². The number of ether oxygens (including phenoxy) is 3. The third-order valence-electron chi connectivity index (χ3n) is 8.55. The van der Waals surface area contributed by atoms with Crippen molar-refractivity contribution in [1.82, 2.24) is 19.9 Å². The maximum absolute atomic E-state index is 12.4. The standard InChI is InChI=1S/C33H36N6O4/c1-41-31-19-34-18-26(37-31)20-38-12-9-24(10-13-38)36-25-7-8-29-23(17-25)16-22-4-2-5-27(32(22)43-29)30-21-39(14-15-42-30)28-6-3-11-35-33(28)40/h2-8,11,17-19,24,30,36H,9-10,12-16,20-21H2,1H3,(H,35,40). The van der Waals surface area contributed by atoms with Crippen molar-refractivity contribution in [2.45, 2.75) is 38.0 Å². The average Bonchev–Trinajstić information content (AvgIpc) is 3.05. The minimum Gasteiger partial charge on any atom is -0.480 e. The normalized spacial score (nSPS) is 18.8. The molecule has 0 saturated carbocycles. The molecule has 7 rings (SSSR count). The highest BCUT2D eigenvalue weighted by Crippen LogP contribution is 2.43. The molecule has 2 aromatic heterocycles. The van der Waals surface area contributed by atoms with Crippen LogP contribution in [0.5, 0.6) is 17.4 Å². The van der Waals surface area contributed by atoms with Crippen LogP contribution >= 0.6 is 0 Å². The predicted molar refractivity (Wildman–Crippen MR) is 164 cm³/mol. The first-order valence-corrected chi connectivity index (χ1v) is 14.9. The fraction of sp³-hybridized carbons (Fsp3) is 0.364. The Morgan fingerprint density at radius 1 is 1.07 bits per heavy atom. The van der Waals surface area contributed by atoms with Crippen LogP contribution in [0.25, 0.3) is 0 Å². The molecular weight excluding hydrogens is 544 g/mol. The highest BCUT2D eigenvalue weighted by molar-refractivity contribution is 5.59. The summed E-state index contributed by atoms with van der Waals surface area (Å²) >= 11 is 0. The van der Waals surface area contributed by atoms with Crippen molar-refractivity contribution in [3.63, 3.8) is 0 Å². The molecule has 0 aliphatic carbocycles. The van der Waals surface area contributed by atoms with Crippen molar-refractivity contribution in [1.29, 1.82) is 0 Å². The quantitative estimate of drug-likeness (QED) is 0.287. The van der Waals surface area contributed by atoms with Crippen molar-refractivity contribution in [3.8, 4) is 17.4 Å². The molecule has 3 aliphatic rings. The van der Waals surface area contributed by atoms with Crippen LogP contribution in [-0.2, 0) is 17.7 Å². The Morgan fingerprint density at radius 3 is 2.84 bits per heavy atom. The van der Waals surface area contributed by atoms with Gasteiger partial charge in [0, 0.05) is 74.4 Å². The molecule has 2 fully saturated rings. The van der Waals surface area contributed by atoms with Gasteiger partial charge in [-0.3, -0.25) is 14.7 Å². The molecule has 2 aromatic carbocycles. The Labute approximate surface area is 250 Å². The number of piperidine rings is 1. The van der Waals surface area contributed by atoms with Crippen LogP contribution in [0.2, 0.25) is 0 Å². The van der Waals surface area contributed by atoms with E-state index in [2.05, 4.69) is 66.5 Å². The number of hydrogen-bond acceptors (Lipinski definition) is 9. The van der Waals surface area contributed by atoms with Gasteiger partial charge in [0.25, 0.3) is 5.56 Å². The van der Waals surface area contributed by atoms with Gasteiger partial charge in [0.1, 0.15) is 23.3 Å². The largest absolute Gasteiger partial charge is 0.480 e. The highest BCUT2D eigenvalue weighted by Gasteiger charge is 2.29. The molecule has 10 nitrogen and oxygen atoms in total. The van der Waals surface area contributed by atoms with Crippen LogP contribution in [0.1, 0.15) is 41.3 Å². The fourth-order valence-corrected chi connectivity index (χ4v) is 6.32. The zero-order valence-electron chi connectivity index (χ0n) is 24.3. The van der Waals surface area contributed by atoms with Crippen molar-refractivity contribution in [2.75, 3.05) is 50.1 Å². The minimum absolute atomic E-state index is 0.0820. The number of likely N-dealkylation sites (tertiary alicyclic amines) is 1. The topological polar surface area (TPSA) is 105 Å². The third-order valence-corrected chi connectivity index (χ3v) is 8.55. The smallest absolute Gasteiger partial charge is 0.271 e. The molecule has 3 aliphatic heterocycles. The number of methoxy groups -OCH3 is 1. The van der Waals surface area contributed by atoms with E-state index in [0.29, 0.717) is 37.3 Å². The molecule has 0 amide bonds. The summed E-state index contributed by atoms with van der Waals surface area (Å²) in [6.45, 7) is 4.59. The van der Waals surface area contributed by atoms with Gasteiger partial charge in [0.05, 0.1) is 25.6 Å². The Hall–Kier alpha value is -4.41. The number of nitrogens with zero attached hydrogens (tertiary/aromatic N) is 4. The second kappa shape index (κ2) is 12.1. The summed E-state index contributed by atoms with van der Waals surface area (Å²) in [4.78, 5) is 28.4. The summed E-state index contributed by atoms with van der Waals surface area (Å²) in [6.07, 6.45) is 7.83. The zero-order chi connectivity index (χ0) is 29.2. The number of H-pyrrole nitrogens is 1. The van der Waals surface area contributed by atoms with Crippen LogP contribution in [0, 0.1) is 0 Å². The summed E-state index contributed by atoms with van der Waals surface area (Å²) < 4.78 is 18.0. The summed E-state index contributed by atoms with van der Waals surface area (Å²) in [6, 6.07) is 16.8. The summed E-state index contributed by atoms with van der Waals surface area (Å²) in [5.74, 6) is 2.31. The van der Waals surface area contributed by atoms with E-state index in [4.69, 9.17) is 14.2 Å². The van der Waals surface area contributed by atoms with Gasteiger partial charge in [-0.15, -0.1) is 0 Å². The number of pyridine rings is 1. The third kappa shape index (κ3) is 5.93. The number of hydrogen-bond donors (Lipinski definition) is 2. The van der Waals surface area contributed by atoms with Gasteiger partial charge in [-0.25, -0.2) is 4.98 Å². The lowest BCUT2D eigenvalue weighted by Crippen LogP contribution is -2.41. The van der Waals surface area contributed by atoms with E-state index < -0.39 is 0 Å². The fourth-order valence-electron chi connectivity index (χ4n) is 6.32. The Bertz CT molecular complexity index is 1650. The number of benzene rings is 2. The first-order chi connectivity index (χ1) is 21.1. The van der Waals surface area contributed by atoms with Crippen LogP contribution in [0.4, 0.5) is 11.4 Å². The number of morpholine rings is 1. The van der Waals surface area contributed by atoms with Gasteiger partial charge in [-0.05, 0) is 48.7 Å². The molecule has 0 spiro atoms. The monoisotopic (exact) mass is 580 g/mol. The molecule has 222 valence electrons. The lowest BCUT2D eigenvalue weighted by Gasteiger charge is -2.35. The molecule has 2 saturated heterocycles. The van der Waals surface area contributed by atoms with Crippen molar-refractivity contribution < 1.29 is 14.2 Å². The molecular formula is C33H36N6O4. The number of aromatic amines is 1. The van der Waals surface area contributed by atoms with E-state index in [-0.39, 0.29) is 11.7 Å².